The fourth-order valence-corrected chi connectivity index (χ4v) is 4.54. The maximum atomic E-state index is 12.3. The summed E-state index contributed by atoms with van der Waals surface area (Å²) in [4.78, 5) is 12.3. The molecule has 2 saturated carbocycles. The molecule has 0 heterocycles. The normalized spacial score (nSPS) is 31.7. The lowest BCUT2D eigenvalue weighted by Gasteiger charge is -2.45. The lowest BCUT2D eigenvalue weighted by molar-refractivity contribution is -0.122. The highest BCUT2D eigenvalue weighted by Crippen LogP contribution is 2.39. The highest BCUT2D eigenvalue weighted by molar-refractivity contribution is 9.10. The molecule has 1 aromatic rings. The second-order valence-electron chi connectivity index (χ2n) is 6.58. The van der Waals surface area contributed by atoms with Gasteiger partial charge in [-0.1, -0.05) is 34.5 Å². The molecule has 2 atom stereocenters. The zero-order valence-corrected chi connectivity index (χ0v) is 13.8. The summed E-state index contributed by atoms with van der Waals surface area (Å²) < 4.78 is 1.02. The molecule has 3 nitrogen and oxygen atoms in total. The molecule has 2 aliphatic rings. The average Bonchev–Trinajstić information content (AvgIpc) is 2.39. The summed E-state index contributed by atoms with van der Waals surface area (Å²) in [7, 11) is 0. The number of benzene rings is 1. The minimum Gasteiger partial charge on any atom is -0.353 e. The SMILES string of the molecule is NC1CC2CCCC(C1)C2NC(=O)Cc1cccc(Br)c1. The first kappa shape index (κ1) is 15.0. The van der Waals surface area contributed by atoms with Crippen molar-refractivity contribution in [3.05, 3.63) is 34.3 Å². The number of hydrogen-bond acceptors (Lipinski definition) is 2. The average molecular weight is 351 g/mol. The Morgan fingerprint density at radius 3 is 2.67 bits per heavy atom. The minimum atomic E-state index is 0.144. The van der Waals surface area contributed by atoms with Gasteiger partial charge in [-0.15, -0.1) is 0 Å². The zero-order valence-electron chi connectivity index (χ0n) is 12.2. The Labute approximate surface area is 134 Å². The summed E-state index contributed by atoms with van der Waals surface area (Å²) >= 11 is 3.45. The molecule has 2 fully saturated rings. The molecule has 3 N–H and O–H groups in total. The van der Waals surface area contributed by atoms with Crippen LogP contribution in [0.25, 0.3) is 0 Å². The molecule has 0 aromatic heterocycles. The first-order chi connectivity index (χ1) is 10.1. The Morgan fingerprint density at radius 2 is 2.00 bits per heavy atom. The first-order valence-corrected chi connectivity index (χ1v) is 8.70. The zero-order chi connectivity index (χ0) is 14.8. The third kappa shape index (κ3) is 3.67. The molecule has 4 heteroatoms. The molecule has 2 aliphatic carbocycles. The number of rotatable bonds is 3. The molecule has 3 rings (SSSR count). The third-order valence-electron chi connectivity index (χ3n) is 4.96. The van der Waals surface area contributed by atoms with Crippen molar-refractivity contribution in [2.45, 2.75) is 50.6 Å². The van der Waals surface area contributed by atoms with Crippen molar-refractivity contribution < 1.29 is 4.79 Å². The molecule has 114 valence electrons. The molecule has 0 spiro atoms. The highest BCUT2D eigenvalue weighted by atomic mass is 79.9. The van der Waals surface area contributed by atoms with Gasteiger partial charge < -0.3 is 11.1 Å². The monoisotopic (exact) mass is 350 g/mol. The summed E-state index contributed by atoms with van der Waals surface area (Å²) in [6, 6.07) is 8.64. The van der Waals surface area contributed by atoms with Crippen LogP contribution >= 0.6 is 15.9 Å². The van der Waals surface area contributed by atoms with E-state index < -0.39 is 0 Å². The lowest BCUT2D eigenvalue weighted by Crippen LogP contribution is -2.54. The van der Waals surface area contributed by atoms with Gasteiger partial charge in [0.25, 0.3) is 0 Å². The van der Waals surface area contributed by atoms with Crippen molar-refractivity contribution in [1.82, 2.24) is 5.32 Å². The van der Waals surface area contributed by atoms with Crippen LogP contribution < -0.4 is 11.1 Å². The fraction of sp³-hybridized carbons (Fsp3) is 0.588. The number of carbonyl (C=O) groups is 1. The molecule has 0 saturated heterocycles. The maximum absolute atomic E-state index is 12.3. The Balaban J connectivity index is 1.62. The fourth-order valence-electron chi connectivity index (χ4n) is 4.09. The molecule has 2 unspecified atom stereocenters. The lowest BCUT2D eigenvalue weighted by atomic mass is 9.67. The van der Waals surface area contributed by atoms with E-state index in [1.54, 1.807) is 0 Å². The van der Waals surface area contributed by atoms with Gasteiger partial charge in [0.1, 0.15) is 0 Å². The molecule has 21 heavy (non-hydrogen) atoms. The van der Waals surface area contributed by atoms with Crippen LogP contribution in [0.4, 0.5) is 0 Å². The summed E-state index contributed by atoms with van der Waals surface area (Å²) in [6.45, 7) is 0. The Morgan fingerprint density at radius 1 is 1.29 bits per heavy atom. The number of hydrogen-bond donors (Lipinski definition) is 2. The smallest absolute Gasteiger partial charge is 0.224 e. The predicted octanol–water partition coefficient (Wildman–Crippen LogP) is 3.01. The van der Waals surface area contributed by atoms with E-state index in [0.29, 0.717) is 30.3 Å². The highest BCUT2D eigenvalue weighted by Gasteiger charge is 2.39. The van der Waals surface area contributed by atoms with Crippen molar-refractivity contribution in [1.29, 1.82) is 0 Å². The van der Waals surface area contributed by atoms with Crippen molar-refractivity contribution in [3.8, 4) is 0 Å². The molecule has 1 aromatic carbocycles. The first-order valence-electron chi connectivity index (χ1n) is 7.91. The Hall–Kier alpha value is -0.870. The van der Waals surface area contributed by atoms with E-state index in [4.69, 9.17) is 5.73 Å². The van der Waals surface area contributed by atoms with Gasteiger partial charge in [-0.2, -0.15) is 0 Å². The summed E-state index contributed by atoms with van der Waals surface area (Å²) in [5.41, 5.74) is 7.20. The van der Waals surface area contributed by atoms with Gasteiger partial charge >= 0.3 is 0 Å². The van der Waals surface area contributed by atoms with Crippen LogP contribution in [0, 0.1) is 11.8 Å². The number of carbonyl (C=O) groups excluding carboxylic acids is 1. The molecule has 0 radical (unpaired) electrons. The van der Waals surface area contributed by atoms with E-state index in [-0.39, 0.29) is 5.91 Å². The molecular weight excluding hydrogens is 328 g/mol. The minimum absolute atomic E-state index is 0.144. The van der Waals surface area contributed by atoms with Crippen LogP contribution in [0.15, 0.2) is 28.7 Å². The van der Waals surface area contributed by atoms with E-state index in [9.17, 15) is 4.79 Å². The Bertz CT molecular complexity index is 505. The van der Waals surface area contributed by atoms with Crippen LogP contribution in [-0.4, -0.2) is 18.0 Å². The van der Waals surface area contributed by atoms with Gasteiger partial charge in [0.15, 0.2) is 0 Å². The third-order valence-corrected chi connectivity index (χ3v) is 5.45. The van der Waals surface area contributed by atoms with Crippen molar-refractivity contribution in [3.63, 3.8) is 0 Å². The standard InChI is InChI=1S/C17H23BrN2O/c18-14-6-1-3-11(7-14)8-16(21)20-17-12-4-2-5-13(17)10-15(19)9-12/h1,3,6-7,12-13,15,17H,2,4-5,8-10,19H2,(H,20,21). The van der Waals surface area contributed by atoms with E-state index in [2.05, 4.69) is 21.2 Å². The number of fused-ring (bicyclic) bond motifs is 2. The molecule has 2 bridgehead atoms. The van der Waals surface area contributed by atoms with Gasteiger partial charge in [-0.3, -0.25) is 4.79 Å². The van der Waals surface area contributed by atoms with E-state index in [1.165, 1.54) is 19.3 Å². The van der Waals surface area contributed by atoms with Crippen molar-refractivity contribution in [2.75, 3.05) is 0 Å². The second kappa shape index (κ2) is 6.49. The van der Waals surface area contributed by atoms with E-state index in [1.807, 2.05) is 24.3 Å². The van der Waals surface area contributed by atoms with Crippen molar-refractivity contribution >= 4 is 21.8 Å². The molecular formula is C17H23BrN2O. The van der Waals surface area contributed by atoms with Gasteiger partial charge in [0, 0.05) is 16.6 Å². The van der Waals surface area contributed by atoms with Crippen LogP contribution in [0.1, 0.15) is 37.7 Å². The topological polar surface area (TPSA) is 55.1 Å². The summed E-state index contributed by atoms with van der Waals surface area (Å²) in [5, 5.41) is 3.30. The summed E-state index contributed by atoms with van der Waals surface area (Å²) in [5.74, 6) is 1.31. The van der Waals surface area contributed by atoms with Crippen LogP contribution in [-0.2, 0) is 11.2 Å². The number of halogens is 1. The van der Waals surface area contributed by atoms with Crippen molar-refractivity contribution in [2.24, 2.45) is 17.6 Å². The van der Waals surface area contributed by atoms with E-state index >= 15 is 0 Å². The van der Waals surface area contributed by atoms with Gasteiger partial charge in [0.05, 0.1) is 6.42 Å². The van der Waals surface area contributed by atoms with Crippen LogP contribution in [0.3, 0.4) is 0 Å². The van der Waals surface area contributed by atoms with Crippen LogP contribution in [0.2, 0.25) is 0 Å². The summed E-state index contributed by atoms with van der Waals surface area (Å²) in [6.07, 6.45) is 6.32. The van der Waals surface area contributed by atoms with E-state index in [0.717, 1.165) is 22.9 Å². The number of nitrogens with two attached hydrogens (primary N) is 1. The predicted molar refractivity (Wildman–Crippen MR) is 87.8 cm³/mol. The number of amides is 1. The van der Waals surface area contributed by atoms with Crippen LogP contribution in [0.5, 0.6) is 0 Å². The second-order valence-corrected chi connectivity index (χ2v) is 7.50. The quantitative estimate of drug-likeness (QED) is 0.880. The van der Waals surface area contributed by atoms with Gasteiger partial charge in [0.2, 0.25) is 5.91 Å². The number of nitrogens with one attached hydrogen (secondary N) is 1. The van der Waals surface area contributed by atoms with Gasteiger partial charge in [-0.25, -0.2) is 0 Å². The molecule has 0 aliphatic heterocycles. The maximum Gasteiger partial charge on any atom is 0.224 e. The Kier molecular flexibility index (Phi) is 4.65. The molecule has 1 amide bonds. The largest absolute Gasteiger partial charge is 0.353 e. The van der Waals surface area contributed by atoms with Gasteiger partial charge in [-0.05, 0) is 55.2 Å².